The fourth-order valence-electron chi connectivity index (χ4n) is 0.934. The molecule has 0 aromatic rings. The van der Waals surface area contributed by atoms with Gasteiger partial charge in [0.25, 0.3) is 5.85 Å². The lowest BCUT2D eigenvalue weighted by Gasteiger charge is -2.13. The third-order valence-corrected chi connectivity index (χ3v) is 1.62. The minimum atomic E-state index is -2.03. The van der Waals surface area contributed by atoms with Crippen LogP contribution in [-0.2, 0) is 9.59 Å². The van der Waals surface area contributed by atoms with Gasteiger partial charge < -0.3 is 10.2 Å². The van der Waals surface area contributed by atoms with Gasteiger partial charge in [0.05, 0.1) is 0 Å². The fraction of sp³-hybridized carbons (Fsp3) is 0.750. The van der Waals surface area contributed by atoms with E-state index in [0.717, 1.165) is 12.2 Å². The van der Waals surface area contributed by atoms with Gasteiger partial charge in [-0.2, -0.15) is 0 Å². The molecule has 78 valence electrons. The maximum Gasteiger partial charge on any atom is 0.276 e. The molecule has 0 atom stereocenters. The van der Waals surface area contributed by atoms with Gasteiger partial charge in [0.2, 0.25) is 12.2 Å². The first-order chi connectivity index (χ1) is 6.68. The molecule has 0 spiro atoms. The summed E-state index contributed by atoms with van der Waals surface area (Å²) in [5.41, 5.74) is 0. The summed E-state index contributed by atoms with van der Waals surface area (Å²) in [4.78, 5) is 25.8. The third kappa shape index (κ3) is 5.35. The smallest absolute Gasteiger partial charge is 0.276 e. The van der Waals surface area contributed by atoms with Crippen LogP contribution in [0.15, 0.2) is 9.98 Å². The first kappa shape index (κ1) is 12.7. The maximum atomic E-state index is 9.90. The quantitative estimate of drug-likeness (QED) is 0.339. The number of carbonyl (C=O) groups excluding carboxylic acids is 2. The van der Waals surface area contributed by atoms with Gasteiger partial charge >= 0.3 is 0 Å². The standard InChI is InChI=1S/C8H12N2O4/c11-5-3-1-2-4-8(14,9-6-12)10-7-13/h11,14H,1-5H2. The van der Waals surface area contributed by atoms with Gasteiger partial charge in [-0.3, -0.25) is 0 Å². The lowest BCUT2D eigenvalue weighted by Crippen LogP contribution is -2.22. The number of aliphatic hydroxyl groups excluding tert-OH is 1. The van der Waals surface area contributed by atoms with Crippen LogP contribution in [0.25, 0.3) is 0 Å². The molecular weight excluding hydrogens is 188 g/mol. The van der Waals surface area contributed by atoms with Gasteiger partial charge in [0.1, 0.15) is 0 Å². The van der Waals surface area contributed by atoms with E-state index in [2.05, 4.69) is 9.98 Å². The van der Waals surface area contributed by atoms with Crippen LogP contribution in [0.5, 0.6) is 0 Å². The Morgan fingerprint density at radius 2 is 1.64 bits per heavy atom. The van der Waals surface area contributed by atoms with Crippen LogP contribution >= 0.6 is 0 Å². The number of nitrogens with zero attached hydrogens (tertiary/aromatic N) is 2. The van der Waals surface area contributed by atoms with E-state index in [1.54, 1.807) is 0 Å². The molecule has 6 heteroatoms. The summed E-state index contributed by atoms with van der Waals surface area (Å²) < 4.78 is 0. The van der Waals surface area contributed by atoms with Crippen LogP contribution in [0.2, 0.25) is 0 Å². The van der Waals surface area contributed by atoms with Crippen LogP contribution in [0.1, 0.15) is 25.7 Å². The normalized spacial score (nSPS) is 13.6. The number of unbranched alkanes of at least 4 members (excludes halogenated alkanes) is 2. The average molecular weight is 200 g/mol. The summed E-state index contributed by atoms with van der Waals surface area (Å²) in [6, 6.07) is 0. The van der Waals surface area contributed by atoms with Crippen molar-refractivity contribution in [2.75, 3.05) is 6.61 Å². The predicted molar refractivity (Wildman–Crippen MR) is 46.7 cm³/mol. The molecule has 0 aromatic carbocycles. The second-order valence-corrected chi connectivity index (χ2v) is 2.71. The Bertz CT molecular complexity index is 236. The van der Waals surface area contributed by atoms with Gasteiger partial charge in [-0.05, 0) is 12.8 Å². The largest absolute Gasteiger partial charge is 0.396 e. The molecule has 0 aliphatic rings. The Balaban J connectivity index is 4.10. The Morgan fingerprint density at radius 1 is 1.07 bits per heavy atom. The van der Waals surface area contributed by atoms with Gasteiger partial charge in [-0.15, -0.1) is 9.98 Å². The van der Waals surface area contributed by atoms with Crippen molar-refractivity contribution < 1.29 is 19.8 Å². The monoisotopic (exact) mass is 200 g/mol. The summed E-state index contributed by atoms with van der Waals surface area (Å²) in [6.45, 7) is 0.0618. The van der Waals surface area contributed by atoms with E-state index in [1.165, 1.54) is 0 Å². The summed E-state index contributed by atoms with van der Waals surface area (Å²) in [5, 5.41) is 17.9. The Kier molecular flexibility index (Phi) is 6.45. The van der Waals surface area contributed by atoms with Gasteiger partial charge in [0, 0.05) is 13.0 Å². The van der Waals surface area contributed by atoms with E-state index in [1.807, 2.05) is 0 Å². The van der Waals surface area contributed by atoms with Gasteiger partial charge in [-0.25, -0.2) is 9.59 Å². The topological polar surface area (TPSA) is 99.3 Å². The van der Waals surface area contributed by atoms with E-state index in [0.29, 0.717) is 19.3 Å². The summed E-state index contributed by atoms with van der Waals surface area (Å²) >= 11 is 0. The molecule has 0 aromatic heterocycles. The van der Waals surface area contributed by atoms with E-state index in [-0.39, 0.29) is 13.0 Å². The Labute approximate surface area is 81.0 Å². The highest BCUT2D eigenvalue weighted by Crippen LogP contribution is 2.17. The highest BCUT2D eigenvalue weighted by molar-refractivity contribution is 5.37. The molecule has 0 aliphatic heterocycles. The molecule has 0 heterocycles. The van der Waals surface area contributed by atoms with Crippen molar-refractivity contribution in [2.45, 2.75) is 31.5 Å². The van der Waals surface area contributed by atoms with Crippen molar-refractivity contribution in [1.82, 2.24) is 0 Å². The molecule has 0 saturated carbocycles. The Morgan fingerprint density at radius 3 is 2.07 bits per heavy atom. The van der Waals surface area contributed by atoms with E-state index in [9.17, 15) is 14.7 Å². The van der Waals surface area contributed by atoms with E-state index < -0.39 is 5.85 Å². The number of hydrogen-bond acceptors (Lipinski definition) is 6. The predicted octanol–water partition coefficient (Wildman–Crippen LogP) is -0.143. The second kappa shape index (κ2) is 7.12. The first-order valence-corrected chi connectivity index (χ1v) is 4.20. The highest BCUT2D eigenvalue weighted by Gasteiger charge is 2.24. The van der Waals surface area contributed by atoms with Crippen molar-refractivity contribution in [3.63, 3.8) is 0 Å². The van der Waals surface area contributed by atoms with Crippen LogP contribution < -0.4 is 0 Å². The van der Waals surface area contributed by atoms with Crippen LogP contribution in [0.3, 0.4) is 0 Å². The molecule has 0 fully saturated rings. The lowest BCUT2D eigenvalue weighted by molar-refractivity contribution is 0.0472. The van der Waals surface area contributed by atoms with Gasteiger partial charge in [0.15, 0.2) is 0 Å². The average Bonchev–Trinajstić information content (AvgIpc) is 2.13. The van der Waals surface area contributed by atoms with E-state index >= 15 is 0 Å². The van der Waals surface area contributed by atoms with Crippen molar-refractivity contribution in [1.29, 1.82) is 0 Å². The summed E-state index contributed by atoms with van der Waals surface area (Å²) in [6.07, 6.45) is 4.05. The van der Waals surface area contributed by atoms with Crippen molar-refractivity contribution in [2.24, 2.45) is 9.98 Å². The van der Waals surface area contributed by atoms with Crippen LogP contribution in [0, 0.1) is 0 Å². The van der Waals surface area contributed by atoms with Crippen molar-refractivity contribution >= 4 is 12.2 Å². The van der Waals surface area contributed by atoms with Crippen LogP contribution in [-0.4, -0.2) is 34.8 Å². The zero-order valence-corrected chi connectivity index (χ0v) is 7.64. The number of aliphatic imine (C=N–C) groups is 2. The van der Waals surface area contributed by atoms with Crippen molar-refractivity contribution in [3.05, 3.63) is 0 Å². The SMILES string of the molecule is O=C=NC(O)(CCCCCO)N=C=O. The minimum Gasteiger partial charge on any atom is -0.396 e. The molecule has 14 heavy (non-hydrogen) atoms. The molecule has 0 amide bonds. The van der Waals surface area contributed by atoms with Crippen LogP contribution in [0.4, 0.5) is 0 Å². The fourth-order valence-corrected chi connectivity index (χ4v) is 0.934. The van der Waals surface area contributed by atoms with E-state index in [4.69, 9.17) is 5.11 Å². The number of hydrogen-bond donors (Lipinski definition) is 2. The summed E-state index contributed by atoms with van der Waals surface area (Å²) in [5.74, 6) is -2.03. The minimum absolute atomic E-state index is 0.0392. The molecule has 2 N–H and O–H groups in total. The third-order valence-electron chi connectivity index (χ3n) is 1.62. The maximum absolute atomic E-state index is 9.90. The molecule has 0 bridgehead atoms. The lowest BCUT2D eigenvalue weighted by atomic mass is 10.1. The van der Waals surface area contributed by atoms with Gasteiger partial charge in [-0.1, -0.05) is 6.42 Å². The molecular formula is C8H12N2O4. The van der Waals surface area contributed by atoms with Crippen molar-refractivity contribution in [3.8, 4) is 0 Å². The number of aliphatic hydroxyl groups is 2. The molecule has 6 nitrogen and oxygen atoms in total. The Hall–Kier alpha value is -1.32. The number of isocyanates is 2. The molecule has 0 saturated heterocycles. The zero-order chi connectivity index (χ0) is 10.9. The zero-order valence-electron chi connectivity index (χ0n) is 7.64. The highest BCUT2D eigenvalue weighted by atomic mass is 16.3. The molecule has 0 radical (unpaired) electrons. The number of rotatable bonds is 7. The summed E-state index contributed by atoms with van der Waals surface area (Å²) in [7, 11) is 0. The molecule has 0 unspecified atom stereocenters. The molecule has 0 rings (SSSR count). The molecule has 0 aliphatic carbocycles. The second-order valence-electron chi connectivity index (χ2n) is 2.71. The first-order valence-electron chi connectivity index (χ1n) is 4.20.